The average molecular weight is 345 g/mol. The van der Waals surface area contributed by atoms with Crippen molar-refractivity contribution in [2.24, 2.45) is 7.05 Å². The van der Waals surface area contributed by atoms with E-state index in [2.05, 4.69) is 30.7 Å². The van der Waals surface area contributed by atoms with E-state index in [1.807, 2.05) is 0 Å². The Hall–Kier alpha value is -1.41. The number of nitrogens with zero attached hydrogens (tertiary/aromatic N) is 3. The van der Waals surface area contributed by atoms with Gasteiger partial charge in [0.1, 0.15) is 4.90 Å². The number of hydrogen-bond donors (Lipinski definition) is 1. The lowest BCUT2D eigenvalue weighted by Gasteiger charge is -2.08. The molecular weight excluding hydrogens is 332 g/mol. The fraction of sp³-hybridized carbons (Fsp3) is 0.273. The maximum Gasteiger partial charge on any atom is 0.266 e. The Morgan fingerprint density at radius 2 is 2.05 bits per heavy atom. The number of anilines is 1. The zero-order valence-electron chi connectivity index (χ0n) is 10.7. The van der Waals surface area contributed by atoms with Crippen LogP contribution in [0, 0.1) is 13.8 Å². The van der Waals surface area contributed by atoms with Crippen LogP contribution in [0.5, 0.6) is 0 Å². The van der Waals surface area contributed by atoms with E-state index in [1.54, 1.807) is 33.0 Å². The number of aromatic nitrogens is 3. The first-order valence-corrected chi connectivity index (χ1v) is 7.74. The standard InChI is InChI=1S/C11H13BrN4O2S/c1-7-10(8(2)16(3)14-7)19(17,18)15-11-9(12)5-4-6-13-11/h4-6H,1-3H3,(H,13,15). The molecule has 6 nitrogen and oxygen atoms in total. The number of rotatable bonds is 3. The average Bonchev–Trinajstić information content (AvgIpc) is 2.56. The summed E-state index contributed by atoms with van der Waals surface area (Å²) in [4.78, 5) is 4.18. The first-order chi connectivity index (χ1) is 8.83. The Kier molecular flexibility index (Phi) is 3.64. The Morgan fingerprint density at radius 3 is 2.58 bits per heavy atom. The number of halogens is 1. The molecule has 2 rings (SSSR count). The topological polar surface area (TPSA) is 76.9 Å². The van der Waals surface area contributed by atoms with Gasteiger partial charge in [0, 0.05) is 13.2 Å². The van der Waals surface area contributed by atoms with Crippen molar-refractivity contribution in [3.8, 4) is 0 Å². The molecule has 8 heteroatoms. The van der Waals surface area contributed by atoms with Crippen LogP contribution in [0.3, 0.4) is 0 Å². The van der Waals surface area contributed by atoms with Crippen LogP contribution in [0.25, 0.3) is 0 Å². The Morgan fingerprint density at radius 1 is 1.37 bits per heavy atom. The van der Waals surface area contributed by atoms with Crippen LogP contribution in [0.4, 0.5) is 5.82 Å². The van der Waals surface area contributed by atoms with Crippen molar-refractivity contribution in [1.82, 2.24) is 14.8 Å². The summed E-state index contributed by atoms with van der Waals surface area (Å²) in [6.07, 6.45) is 1.52. The first kappa shape index (κ1) is 14.0. The lowest BCUT2D eigenvalue weighted by atomic mass is 10.4. The van der Waals surface area contributed by atoms with Gasteiger partial charge < -0.3 is 0 Å². The predicted octanol–water partition coefficient (Wildman–Crippen LogP) is 2.00. The smallest absolute Gasteiger partial charge is 0.266 e. The van der Waals surface area contributed by atoms with Crippen LogP contribution >= 0.6 is 15.9 Å². The zero-order valence-corrected chi connectivity index (χ0v) is 13.1. The normalized spacial score (nSPS) is 11.6. The second-order valence-corrected chi connectivity index (χ2v) is 6.54. The molecule has 0 saturated carbocycles. The molecule has 0 atom stereocenters. The third kappa shape index (κ3) is 2.64. The third-order valence-corrected chi connectivity index (χ3v) is 4.93. The molecule has 0 aliphatic carbocycles. The summed E-state index contributed by atoms with van der Waals surface area (Å²) in [7, 11) is -2.00. The van der Waals surface area contributed by atoms with Crippen molar-refractivity contribution in [2.45, 2.75) is 18.7 Å². The largest absolute Gasteiger partial charge is 0.271 e. The highest BCUT2D eigenvalue weighted by Gasteiger charge is 2.24. The highest BCUT2D eigenvalue weighted by molar-refractivity contribution is 9.10. The van der Waals surface area contributed by atoms with Crippen LogP contribution in [0.1, 0.15) is 11.4 Å². The van der Waals surface area contributed by atoms with Gasteiger partial charge in [0.25, 0.3) is 10.0 Å². The van der Waals surface area contributed by atoms with Gasteiger partial charge in [0.05, 0.1) is 15.9 Å². The highest BCUT2D eigenvalue weighted by Crippen LogP contribution is 2.25. The molecule has 0 bridgehead atoms. The second-order valence-electron chi connectivity index (χ2n) is 4.06. The second kappa shape index (κ2) is 4.93. The summed E-state index contributed by atoms with van der Waals surface area (Å²) in [5.74, 6) is 0.255. The minimum absolute atomic E-state index is 0.188. The quantitative estimate of drug-likeness (QED) is 0.923. The summed E-state index contributed by atoms with van der Waals surface area (Å²) in [5, 5.41) is 4.11. The van der Waals surface area contributed by atoms with Gasteiger partial charge in [-0.3, -0.25) is 9.40 Å². The van der Waals surface area contributed by atoms with Crippen LogP contribution in [0.15, 0.2) is 27.7 Å². The third-order valence-electron chi connectivity index (χ3n) is 2.70. The van der Waals surface area contributed by atoms with Gasteiger partial charge in [-0.1, -0.05) is 0 Å². The lowest BCUT2D eigenvalue weighted by molar-refractivity contribution is 0.599. The van der Waals surface area contributed by atoms with Gasteiger partial charge in [-0.15, -0.1) is 0 Å². The minimum atomic E-state index is -3.70. The molecule has 0 radical (unpaired) electrons. The van der Waals surface area contributed by atoms with E-state index in [-0.39, 0.29) is 10.7 Å². The Labute approximate surface area is 120 Å². The molecule has 0 unspecified atom stereocenters. The molecule has 0 amide bonds. The summed E-state index contributed by atoms with van der Waals surface area (Å²) >= 11 is 3.25. The molecule has 102 valence electrons. The molecule has 1 N–H and O–H groups in total. The Bertz CT molecular complexity index is 724. The van der Waals surface area contributed by atoms with Gasteiger partial charge in [0.2, 0.25) is 0 Å². The van der Waals surface area contributed by atoms with E-state index < -0.39 is 10.0 Å². The number of pyridine rings is 1. The molecule has 19 heavy (non-hydrogen) atoms. The van der Waals surface area contributed by atoms with E-state index in [9.17, 15) is 8.42 Å². The van der Waals surface area contributed by atoms with Crippen LogP contribution in [-0.4, -0.2) is 23.2 Å². The molecule has 0 saturated heterocycles. The maximum absolute atomic E-state index is 12.4. The van der Waals surface area contributed by atoms with E-state index in [4.69, 9.17) is 0 Å². The monoisotopic (exact) mass is 344 g/mol. The SMILES string of the molecule is Cc1nn(C)c(C)c1S(=O)(=O)Nc1ncccc1Br. The summed E-state index contributed by atoms with van der Waals surface area (Å²) in [5.41, 5.74) is 1.04. The zero-order chi connectivity index (χ0) is 14.2. The summed E-state index contributed by atoms with van der Waals surface area (Å²) in [6.45, 7) is 3.37. The van der Waals surface area contributed by atoms with E-state index >= 15 is 0 Å². The molecule has 2 aromatic heterocycles. The molecule has 0 spiro atoms. The van der Waals surface area contributed by atoms with E-state index in [0.29, 0.717) is 15.9 Å². The number of hydrogen-bond acceptors (Lipinski definition) is 4. The summed E-state index contributed by atoms with van der Waals surface area (Å²) in [6, 6.07) is 3.43. The first-order valence-electron chi connectivity index (χ1n) is 5.46. The molecule has 0 aliphatic rings. The number of sulfonamides is 1. The number of nitrogens with one attached hydrogen (secondary N) is 1. The fourth-order valence-corrected chi connectivity index (χ4v) is 3.74. The van der Waals surface area contributed by atoms with Crippen molar-refractivity contribution >= 4 is 31.8 Å². The van der Waals surface area contributed by atoms with Gasteiger partial charge in [-0.2, -0.15) is 5.10 Å². The van der Waals surface area contributed by atoms with Crippen molar-refractivity contribution in [1.29, 1.82) is 0 Å². The fourth-order valence-electron chi connectivity index (χ4n) is 1.78. The van der Waals surface area contributed by atoms with Crippen molar-refractivity contribution in [2.75, 3.05) is 4.72 Å². The van der Waals surface area contributed by atoms with Gasteiger partial charge >= 0.3 is 0 Å². The highest BCUT2D eigenvalue weighted by atomic mass is 79.9. The molecule has 0 fully saturated rings. The van der Waals surface area contributed by atoms with Crippen molar-refractivity contribution < 1.29 is 8.42 Å². The maximum atomic E-state index is 12.4. The predicted molar refractivity (Wildman–Crippen MR) is 75.4 cm³/mol. The molecule has 0 aliphatic heterocycles. The minimum Gasteiger partial charge on any atom is -0.271 e. The molecule has 2 aromatic rings. The van der Waals surface area contributed by atoms with Gasteiger partial charge in [0.15, 0.2) is 5.82 Å². The molecule has 0 aromatic carbocycles. The lowest BCUT2D eigenvalue weighted by Crippen LogP contribution is -2.16. The van der Waals surface area contributed by atoms with Gasteiger partial charge in [-0.05, 0) is 41.9 Å². The van der Waals surface area contributed by atoms with E-state index in [0.717, 1.165) is 0 Å². The van der Waals surface area contributed by atoms with Crippen LogP contribution in [-0.2, 0) is 17.1 Å². The van der Waals surface area contributed by atoms with E-state index in [1.165, 1.54) is 10.9 Å². The number of aryl methyl sites for hydroxylation is 2. The molecular formula is C11H13BrN4O2S. The molecule has 2 heterocycles. The van der Waals surface area contributed by atoms with Crippen LogP contribution in [0.2, 0.25) is 0 Å². The van der Waals surface area contributed by atoms with Crippen molar-refractivity contribution in [3.05, 3.63) is 34.2 Å². The summed E-state index contributed by atoms with van der Waals surface area (Å²) < 4.78 is 29.3. The van der Waals surface area contributed by atoms with Crippen LogP contribution < -0.4 is 4.72 Å². The van der Waals surface area contributed by atoms with Crippen molar-refractivity contribution in [3.63, 3.8) is 0 Å². The Balaban J connectivity index is 2.47. The van der Waals surface area contributed by atoms with Gasteiger partial charge in [-0.25, -0.2) is 13.4 Å².